The summed E-state index contributed by atoms with van der Waals surface area (Å²) in [4.78, 5) is 11.8. The zero-order valence-corrected chi connectivity index (χ0v) is 11.6. The Morgan fingerprint density at radius 2 is 2.16 bits per heavy atom. The molecule has 1 unspecified atom stereocenters. The van der Waals surface area contributed by atoms with E-state index in [2.05, 4.69) is 10.6 Å². The van der Waals surface area contributed by atoms with Crippen LogP contribution in [0.2, 0.25) is 0 Å². The van der Waals surface area contributed by atoms with Crippen LogP contribution in [0.4, 0.5) is 0 Å². The lowest BCUT2D eigenvalue weighted by Crippen LogP contribution is -2.39. The van der Waals surface area contributed by atoms with Gasteiger partial charge >= 0.3 is 0 Å². The third-order valence-electron chi connectivity index (χ3n) is 3.14. The van der Waals surface area contributed by atoms with E-state index in [-0.39, 0.29) is 18.1 Å². The number of hydrogen-bond donors (Lipinski definition) is 2. The van der Waals surface area contributed by atoms with Gasteiger partial charge in [-0.3, -0.25) is 4.79 Å². The Hall–Kier alpha value is -1.55. The van der Waals surface area contributed by atoms with Crippen LogP contribution >= 0.6 is 0 Å². The molecule has 19 heavy (non-hydrogen) atoms. The third-order valence-corrected chi connectivity index (χ3v) is 3.14. The van der Waals surface area contributed by atoms with E-state index in [0.717, 1.165) is 30.7 Å². The molecular formula is C15H22N2O2. The van der Waals surface area contributed by atoms with Crippen molar-refractivity contribution >= 4 is 5.91 Å². The monoisotopic (exact) mass is 262 g/mol. The summed E-state index contributed by atoms with van der Waals surface area (Å²) in [6.45, 7) is 5.52. The highest BCUT2D eigenvalue weighted by molar-refractivity contribution is 5.81. The predicted octanol–water partition coefficient (Wildman–Crippen LogP) is 1.84. The molecule has 1 amide bonds. The van der Waals surface area contributed by atoms with Gasteiger partial charge in [0.25, 0.3) is 0 Å². The van der Waals surface area contributed by atoms with Crippen LogP contribution in [0, 0.1) is 0 Å². The first-order valence-electron chi connectivity index (χ1n) is 6.92. The maximum atomic E-state index is 11.8. The van der Waals surface area contributed by atoms with Gasteiger partial charge in [-0.05, 0) is 50.9 Å². The minimum absolute atomic E-state index is 0.0106. The third kappa shape index (κ3) is 4.24. The normalized spacial score (nSPS) is 18.6. The first-order valence-corrected chi connectivity index (χ1v) is 6.92. The summed E-state index contributed by atoms with van der Waals surface area (Å²) in [7, 11) is 0. The molecule has 4 nitrogen and oxygen atoms in total. The molecule has 1 aromatic rings. The molecule has 1 aromatic carbocycles. The Labute approximate surface area is 114 Å². The topological polar surface area (TPSA) is 50.4 Å². The molecule has 1 aliphatic heterocycles. The summed E-state index contributed by atoms with van der Waals surface area (Å²) >= 11 is 0. The Morgan fingerprint density at radius 1 is 1.42 bits per heavy atom. The molecule has 1 aliphatic rings. The number of ether oxygens (including phenoxy) is 1. The summed E-state index contributed by atoms with van der Waals surface area (Å²) in [6.07, 6.45) is 2.20. The number of carbonyl (C=O) groups is 1. The highest BCUT2D eigenvalue weighted by Crippen LogP contribution is 2.14. The molecule has 2 rings (SSSR count). The van der Waals surface area contributed by atoms with Crippen molar-refractivity contribution in [2.24, 2.45) is 0 Å². The molecule has 0 saturated carbocycles. The Bertz CT molecular complexity index is 409. The van der Waals surface area contributed by atoms with E-state index >= 15 is 0 Å². The molecule has 1 atom stereocenters. The summed E-state index contributed by atoms with van der Waals surface area (Å²) < 4.78 is 5.58. The fourth-order valence-corrected chi connectivity index (χ4v) is 2.18. The molecule has 4 heteroatoms. The van der Waals surface area contributed by atoms with Gasteiger partial charge in [0.05, 0.1) is 12.1 Å². The van der Waals surface area contributed by atoms with Crippen molar-refractivity contribution in [1.82, 2.24) is 10.6 Å². The van der Waals surface area contributed by atoms with Gasteiger partial charge in [0.1, 0.15) is 5.75 Å². The molecule has 2 N–H and O–H groups in total. The average Bonchev–Trinajstić information content (AvgIpc) is 2.91. The lowest BCUT2D eigenvalue weighted by Gasteiger charge is -2.12. The predicted molar refractivity (Wildman–Crippen MR) is 75.1 cm³/mol. The number of amides is 1. The molecular weight excluding hydrogens is 240 g/mol. The SMILES string of the molecule is CC(C)Oc1ccc(CNC(=O)C2CCCN2)cc1. The molecule has 104 valence electrons. The van der Waals surface area contributed by atoms with Crippen LogP contribution in [-0.4, -0.2) is 24.6 Å². The van der Waals surface area contributed by atoms with E-state index in [9.17, 15) is 4.79 Å². The van der Waals surface area contributed by atoms with E-state index < -0.39 is 0 Å². The van der Waals surface area contributed by atoms with Gasteiger partial charge in [-0.15, -0.1) is 0 Å². The van der Waals surface area contributed by atoms with Gasteiger partial charge in [0.15, 0.2) is 0 Å². The Kier molecular flexibility index (Phi) is 4.80. The van der Waals surface area contributed by atoms with Gasteiger partial charge in [0.2, 0.25) is 5.91 Å². The van der Waals surface area contributed by atoms with Crippen molar-refractivity contribution in [3.05, 3.63) is 29.8 Å². The Balaban J connectivity index is 1.80. The van der Waals surface area contributed by atoms with Crippen LogP contribution < -0.4 is 15.4 Å². The second kappa shape index (κ2) is 6.57. The number of rotatable bonds is 5. The molecule has 1 fully saturated rings. The number of carbonyl (C=O) groups excluding carboxylic acids is 1. The second-order valence-corrected chi connectivity index (χ2v) is 5.18. The highest BCUT2D eigenvalue weighted by Gasteiger charge is 2.21. The number of hydrogen-bond acceptors (Lipinski definition) is 3. The van der Waals surface area contributed by atoms with Gasteiger partial charge in [-0.1, -0.05) is 12.1 Å². The average molecular weight is 262 g/mol. The van der Waals surface area contributed by atoms with Gasteiger partial charge in [-0.25, -0.2) is 0 Å². The van der Waals surface area contributed by atoms with Crippen LogP contribution in [0.5, 0.6) is 5.75 Å². The van der Waals surface area contributed by atoms with E-state index in [4.69, 9.17) is 4.74 Å². The fraction of sp³-hybridized carbons (Fsp3) is 0.533. The summed E-state index contributed by atoms with van der Waals surface area (Å²) in [5.41, 5.74) is 1.09. The summed E-state index contributed by atoms with van der Waals surface area (Å²) in [5, 5.41) is 6.15. The number of nitrogens with one attached hydrogen (secondary N) is 2. The first-order chi connectivity index (χ1) is 9.15. The largest absolute Gasteiger partial charge is 0.491 e. The van der Waals surface area contributed by atoms with Crippen molar-refractivity contribution in [2.45, 2.75) is 45.4 Å². The smallest absolute Gasteiger partial charge is 0.237 e. The van der Waals surface area contributed by atoms with Crippen molar-refractivity contribution in [1.29, 1.82) is 0 Å². The molecule has 0 aliphatic carbocycles. The van der Waals surface area contributed by atoms with E-state index in [1.807, 2.05) is 38.1 Å². The minimum Gasteiger partial charge on any atom is -0.491 e. The molecule has 0 aromatic heterocycles. The van der Waals surface area contributed by atoms with Crippen molar-refractivity contribution in [3.63, 3.8) is 0 Å². The molecule has 0 bridgehead atoms. The fourth-order valence-electron chi connectivity index (χ4n) is 2.18. The van der Waals surface area contributed by atoms with E-state index in [1.165, 1.54) is 0 Å². The molecule has 0 spiro atoms. The Morgan fingerprint density at radius 3 is 2.74 bits per heavy atom. The minimum atomic E-state index is -0.0106. The van der Waals surface area contributed by atoms with Crippen molar-refractivity contribution < 1.29 is 9.53 Å². The van der Waals surface area contributed by atoms with Crippen LogP contribution in [0.15, 0.2) is 24.3 Å². The first kappa shape index (κ1) is 13.9. The van der Waals surface area contributed by atoms with Crippen molar-refractivity contribution in [2.75, 3.05) is 6.54 Å². The van der Waals surface area contributed by atoms with Gasteiger partial charge < -0.3 is 15.4 Å². The molecule has 1 heterocycles. The van der Waals surface area contributed by atoms with Crippen LogP contribution in [0.3, 0.4) is 0 Å². The zero-order valence-electron chi connectivity index (χ0n) is 11.6. The number of benzene rings is 1. The summed E-state index contributed by atoms with van der Waals surface area (Å²) in [5.74, 6) is 0.961. The van der Waals surface area contributed by atoms with E-state index in [0.29, 0.717) is 6.54 Å². The van der Waals surface area contributed by atoms with Crippen LogP contribution in [0.25, 0.3) is 0 Å². The van der Waals surface area contributed by atoms with Crippen LogP contribution in [0.1, 0.15) is 32.3 Å². The lowest BCUT2D eigenvalue weighted by molar-refractivity contribution is -0.122. The standard InChI is InChI=1S/C15H22N2O2/c1-11(2)19-13-7-5-12(6-8-13)10-17-15(18)14-4-3-9-16-14/h5-8,11,14,16H,3-4,9-10H2,1-2H3,(H,17,18). The molecule has 0 radical (unpaired) electrons. The van der Waals surface area contributed by atoms with Crippen LogP contribution in [-0.2, 0) is 11.3 Å². The summed E-state index contributed by atoms with van der Waals surface area (Å²) in [6, 6.07) is 7.84. The quantitative estimate of drug-likeness (QED) is 0.851. The maximum absolute atomic E-state index is 11.8. The van der Waals surface area contributed by atoms with Gasteiger partial charge in [0, 0.05) is 6.54 Å². The van der Waals surface area contributed by atoms with Crippen molar-refractivity contribution in [3.8, 4) is 5.75 Å². The molecule has 1 saturated heterocycles. The van der Waals surface area contributed by atoms with Gasteiger partial charge in [-0.2, -0.15) is 0 Å². The lowest BCUT2D eigenvalue weighted by atomic mass is 10.2. The zero-order chi connectivity index (χ0) is 13.7. The maximum Gasteiger partial charge on any atom is 0.237 e. The van der Waals surface area contributed by atoms with E-state index in [1.54, 1.807) is 0 Å². The highest BCUT2D eigenvalue weighted by atomic mass is 16.5. The second-order valence-electron chi connectivity index (χ2n) is 5.18.